The highest BCUT2D eigenvalue weighted by atomic mass is 16.3. The van der Waals surface area contributed by atoms with Crippen molar-refractivity contribution in [2.75, 3.05) is 39.3 Å². The second-order valence-corrected chi connectivity index (χ2v) is 6.31. The Kier molecular flexibility index (Phi) is 7.20. The van der Waals surface area contributed by atoms with Crippen LogP contribution >= 0.6 is 0 Å². The lowest BCUT2D eigenvalue weighted by molar-refractivity contribution is 0.0608. The van der Waals surface area contributed by atoms with E-state index in [1.807, 2.05) is 13.8 Å². The van der Waals surface area contributed by atoms with E-state index in [1.165, 1.54) is 52.0 Å². The molecule has 1 saturated heterocycles. The van der Waals surface area contributed by atoms with Crippen LogP contribution in [0, 0.1) is 0 Å². The Morgan fingerprint density at radius 3 is 1.83 bits per heavy atom. The van der Waals surface area contributed by atoms with Gasteiger partial charge >= 0.3 is 0 Å². The minimum Gasteiger partial charge on any atom is -0.390 e. The van der Waals surface area contributed by atoms with E-state index in [-0.39, 0.29) is 0 Å². The molecular weight excluding hydrogens is 224 g/mol. The molecule has 1 aliphatic rings. The summed E-state index contributed by atoms with van der Waals surface area (Å²) < 4.78 is 0. The normalized spacial score (nSPS) is 19.3. The molecule has 0 aromatic carbocycles. The Morgan fingerprint density at radius 2 is 1.39 bits per heavy atom. The molecule has 3 heteroatoms. The highest BCUT2D eigenvalue weighted by Gasteiger charge is 2.17. The standard InChI is InChI=1S/C15H32N2O/c1-4-5-6-9-16-11-13-17(14-12-16)10-7-8-15(2,3)18/h18H,4-14H2,1-3H3. The monoisotopic (exact) mass is 256 g/mol. The number of hydrogen-bond donors (Lipinski definition) is 1. The predicted octanol–water partition coefficient (Wildman–Crippen LogP) is 2.35. The molecular formula is C15H32N2O. The van der Waals surface area contributed by atoms with Crippen molar-refractivity contribution < 1.29 is 5.11 Å². The highest BCUT2D eigenvalue weighted by Crippen LogP contribution is 2.12. The van der Waals surface area contributed by atoms with Gasteiger partial charge in [0.05, 0.1) is 5.60 Å². The van der Waals surface area contributed by atoms with E-state index in [2.05, 4.69) is 16.7 Å². The first kappa shape index (κ1) is 15.9. The first-order valence-corrected chi connectivity index (χ1v) is 7.68. The van der Waals surface area contributed by atoms with Gasteiger partial charge in [0, 0.05) is 26.2 Å². The lowest BCUT2D eigenvalue weighted by Gasteiger charge is -2.35. The molecule has 3 nitrogen and oxygen atoms in total. The van der Waals surface area contributed by atoms with Crippen LogP contribution in [0.25, 0.3) is 0 Å². The zero-order chi connectivity index (χ0) is 13.4. The van der Waals surface area contributed by atoms with Crippen LogP contribution in [0.2, 0.25) is 0 Å². The third-order valence-corrected chi connectivity index (χ3v) is 3.81. The summed E-state index contributed by atoms with van der Waals surface area (Å²) in [6.07, 6.45) is 6.06. The summed E-state index contributed by atoms with van der Waals surface area (Å²) in [4.78, 5) is 5.14. The van der Waals surface area contributed by atoms with Crippen LogP contribution < -0.4 is 0 Å². The molecule has 1 rings (SSSR count). The molecule has 0 bridgehead atoms. The number of aliphatic hydroxyl groups is 1. The number of piperazine rings is 1. The van der Waals surface area contributed by atoms with E-state index < -0.39 is 5.60 Å². The maximum Gasteiger partial charge on any atom is 0.0592 e. The second kappa shape index (κ2) is 8.13. The molecule has 1 heterocycles. The maximum atomic E-state index is 9.68. The molecule has 0 aromatic rings. The molecule has 0 spiro atoms. The van der Waals surface area contributed by atoms with Gasteiger partial charge in [-0.3, -0.25) is 0 Å². The van der Waals surface area contributed by atoms with Crippen LogP contribution in [-0.2, 0) is 0 Å². The third kappa shape index (κ3) is 7.34. The zero-order valence-corrected chi connectivity index (χ0v) is 12.6. The van der Waals surface area contributed by atoms with Crippen LogP contribution in [0.15, 0.2) is 0 Å². The van der Waals surface area contributed by atoms with Crippen molar-refractivity contribution in [3.8, 4) is 0 Å². The fourth-order valence-corrected chi connectivity index (χ4v) is 2.56. The number of unbranched alkanes of at least 4 members (excludes halogenated alkanes) is 2. The van der Waals surface area contributed by atoms with Gasteiger partial charge in [-0.05, 0) is 46.2 Å². The molecule has 0 atom stereocenters. The zero-order valence-electron chi connectivity index (χ0n) is 12.6. The van der Waals surface area contributed by atoms with Gasteiger partial charge in [-0.25, -0.2) is 0 Å². The minimum atomic E-state index is -0.498. The Morgan fingerprint density at radius 1 is 0.889 bits per heavy atom. The fourth-order valence-electron chi connectivity index (χ4n) is 2.56. The van der Waals surface area contributed by atoms with E-state index in [0.29, 0.717) is 0 Å². The number of nitrogens with zero attached hydrogens (tertiary/aromatic N) is 2. The van der Waals surface area contributed by atoms with E-state index in [4.69, 9.17) is 0 Å². The Bertz CT molecular complexity index is 205. The molecule has 0 saturated carbocycles. The predicted molar refractivity (Wildman–Crippen MR) is 77.9 cm³/mol. The SMILES string of the molecule is CCCCCN1CCN(CCCC(C)(C)O)CC1. The molecule has 18 heavy (non-hydrogen) atoms. The van der Waals surface area contributed by atoms with Gasteiger partial charge in [-0.15, -0.1) is 0 Å². The summed E-state index contributed by atoms with van der Waals surface area (Å²) in [5.74, 6) is 0. The third-order valence-electron chi connectivity index (χ3n) is 3.81. The summed E-state index contributed by atoms with van der Waals surface area (Å²) in [5.41, 5.74) is -0.498. The molecule has 0 aromatic heterocycles. The van der Waals surface area contributed by atoms with Gasteiger partial charge in [0.1, 0.15) is 0 Å². The summed E-state index contributed by atoms with van der Waals surface area (Å²) in [5, 5.41) is 9.68. The van der Waals surface area contributed by atoms with Crippen molar-refractivity contribution in [1.82, 2.24) is 9.80 Å². The lowest BCUT2D eigenvalue weighted by Crippen LogP contribution is -2.46. The van der Waals surface area contributed by atoms with Crippen molar-refractivity contribution in [2.24, 2.45) is 0 Å². The van der Waals surface area contributed by atoms with E-state index in [0.717, 1.165) is 19.4 Å². The summed E-state index contributed by atoms with van der Waals surface area (Å²) >= 11 is 0. The van der Waals surface area contributed by atoms with Crippen molar-refractivity contribution in [3.63, 3.8) is 0 Å². The number of hydrogen-bond acceptors (Lipinski definition) is 3. The molecule has 0 unspecified atom stereocenters. The molecule has 108 valence electrons. The van der Waals surface area contributed by atoms with Crippen molar-refractivity contribution in [1.29, 1.82) is 0 Å². The average molecular weight is 256 g/mol. The highest BCUT2D eigenvalue weighted by molar-refractivity contribution is 4.73. The van der Waals surface area contributed by atoms with E-state index in [1.54, 1.807) is 0 Å². The molecule has 0 radical (unpaired) electrons. The first-order chi connectivity index (χ1) is 8.51. The van der Waals surface area contributed by atoms with Gasteiger partial charge in [-0.1, -0.05) is 19.8 Å². The van der Waals surface area contributed by atoms with Gasteiger partial charge in [0.2, 0.25) is 0 Å². The lowest BCUT2D eigenvalue weighted by atomic mass is 10.0. The maximum absolute atomic E-state index is 9.68. The summed E-state index contributed by atoms with van der Waals surface area (Å²) in [7, 11) is 0. The minimum absolute atomic E-state index is 0.498. The quantitative estimate of drug-likeness (QED) is 0.675. The van der Waals surface area contributed by atoms with Crippen molar-refractivity contribution in [3.05, 3.63) is 0 Å². The topological polar surface area (TPSA) is 26.7 Å². The van der Waals surface area contributed by atoms with Gasteiger partial charge in [0.15, 0.2) is 0 Å². The van der Waals surface area contributed by atoms with Crippen LogP contribution in [0.5, 0.6) is 0 Å². The summed E-state index contributed by atoms with van der Waals surface area (Å²) in [6.45, 7) is 13.4. The van der Waals surface area contributed by atoms with E-state index in [9.17, 15) is 5.11 Å². The average Bonchev–Trinajstić information content (AvgIpc) is 2.30. The van der Waals surface area contributed by atoms with Crippen molar-refractivity contribution >= 4 is 0 Å². The smallest absolute Gasteiger partial charge is 0.0592 e. The van der Waals surface area contributed by atoms with Crippen LogP contribution in [0.1, 0.15) is 52.9 Å². The Labute approximate surface area is 113 Å². The van der Waals surface area contributed by atoms with Gasteiger partial charge in [0.25, 0.3) is 0 Å². The van der Waals surface area contributed by atoms with Crippen molar-refractivity contribution in [2.45, 2.75) is 58.5 Å². The second-order valence-electron chi connectivity index (χ2n) is 6.31. The molecule has 1 N–H and O–H groups in total. The largest absolute Gasteiger partial charge is 0.390 e. The Hall–Kier alpha value is -0.120. The van der Waals surface area contributed by atoms with Gasteiger partial charge in [-0.2, -0.15) is 0 Å². The first-order valence-electron chi connectivity index (χ1n) is 7.68. The van der Waals surface area contributed by atoms with Crippen LogP contribution in [0.3, 0.4) is 0 Å². The Balaban J connectivity index is 2.04. The van der Waals surface area contributed by atoms with Gasteiger partial charge < -0.3 is 14.9 Å². The van der Waals surface area contributed by atoms with E-state index >= 15 is 0 Å². The van der Waals surface area contributed by atoms with Crippen LogP contribution in [-0.4, -0.2) is 59.8 Å². The molecule has 1 aliphatic heterocycles. The summed E-state index contributed by atoms with van der Waals surface area (Å²) in [6, 6.07) is 0. The molecule has 0 amide bonds. The fraction of sp³-hybridized carbons (Fsp3) is 1.00. The number of rotatable bonds is 8. The van der Waals surface area contributed by atoms with Crippen LogP contribution in [0.4, 0.5) is 0 Å². The molecule has 0 aliphatic carbocycles. The molecule has 1 fully saturated rings.